The van der Waals surface area contributed by atoms with E-state index in [2.05, 4.69) is 30.4 Å². The molecule has 0 radical (unpaired) electrons. The number of hydrogen-bond acceptors (Lipinski definition) is 9. The van der Waals surface area contributed by atoms with Crippen LogP contribution in [0.5, 0.6) is 0 Å². The lowest BCUT2D eigenvalue weighted by molar-refractivity contribution is 0.422. The SMILES string of the molecule is CC(C)n1nc(-c2nocc2-c2ncc(C3CCNCC3)cn2)c2c(N)ncnc21. The van der Waals surface area contributed by atoms with E-state index in [4.69, 9.17) is 15.4 Å². The normalized spacial score (nSPS) is 15.3. The predicted octanol–water partition coefficient (Wildman–Crippen LogP) is 2.57. The second-order valence-electron chi connectivity index (χ2n) is 7.79. The van der Waals surface area contributed by atoms with Crippen LogP contribution in [-0.4, -0.2) is 48.0 Å². The van der Waals surface area contributed by atoms with E-state index in [1.54, 1.807) is 0 Å². The maximum Gasteiger partial charge on any atom is 0.164 e. The fourth-order valence-electron chi connectivity index (χ4n) is 3.93. The number of piperidine rings is 1. The first-order chi connectivity index (χ1) is 14.6. The Hall–Kier alpha value is -3.40. The molecule has 5 heterocycles. The lowest BCUT2D eigenvalue weighted by atomic mass is 9.92. The Labute approximate surface area is 172 Å². The summed E-state index contributed by atoms with van der Waals surface area (Å²) in [5.74, 6) is 1.37. The fraction of sp³-hybridized carbons (Fsp3) is 0.400. The molecule has 0 bridgehead atoms. The molecule has 5 rings (SSSR count). The van der Waals surface area contributed by atoms with Gasteiger partial charge in [0, 0.05) is 18.4 Å². The van der Waals surface area contributed by atoms with Crippen molar-refractivity contribution in [1.82, 2.24) is 40.2 Å². The van der Waals surface area contributed by atoms with Crippen molar-refractivity contribution in [2.45, 2.75) is 38.6 Å². The molecular formula is C20H23N9O. The molecule has 1 aliphatic heterocycles. The summed E-state index contributed by atoms with van der Waals surface area (Å²) in [6, 6.07) is 0.0893. The van der Waals surface area contributed by atoms with Crippen molar-refractivity contribution in [1.29, 1.82) is 0 Å². The van der Waals surface area contributed by atoms with Crippen LogP contribution < -0.4 is 11.1 Å². The van der Waals surface area contributed by atoms with Crippen LogP contribution in [0.1, 0.15) is 44.2 Å². The average Bonchev–Trinajstić information content (AvgIpc) is 3.40. The quantitative estimate of drug-likeness (QED) is 0.525. The minimum Gasteiger partial charge on any atom is -0.383 e. The van der Waals surface area contributed by atoms with Crippen LogP contribution in [0, 0.1) is 0 Å². The zero-order valence-corrected chi connectivity index (χ0v) is 16.9. The first kappa shape index (κ1) is 18.6. The van der Waals surface area contributed by atoms with Gasteiger partial charge in [0.15, 0.2) is 11.5 Å². The van der Waals surface area contributed by atoms with Gasteiger partial charge in [0.05, 0.1) is 10.9 Å². The van der Waals surface area contributed by atoms with E-state index in [0.29, 0.717) is 45.5 Å². The zero-order valence-electron chi connectivity index (χ0n) is 16.9. The summed E-state index contributed by atoms with van der Waals surface area (Å²) < 4.78 is 7.10. The summed E-state index contributed by atoms with van der Waals surface area (Å²) >= 11 is 0. The highest BCUT2D eigenvalue weighted by Crippen LogP contribution is 2.35. The lowest BCUT2D eigenvalue weighted by Crippen LogP contribution is -2.26. The molecule has 0 atom stereocenters. The van der Waals surface area contributed by atoms with Gasteiger partial charge in [-0.3, -0.25) is 0 Å². The summed E-state index contributed by atoms with van der Waals surface area (Å²) in [5.41, 5.74) is 9.73. The molecule has 4 aromatic heterocycles. The molecule has 10 heteroatoms. The molecule has 154 valence electrons. The van der Waals surface area contributed by atoms with Crippen LogP contribution in [0.15, 0.2) is 29.5 Å². The highest BCUT2D eigenvalue weighted by Gasteiger charge is 2.25. The van der Waals surface area contributed by atoms with E-state index in [9.17, 15) is 0 Å². The Morgan fingerprint density at radius 2 is 1.87 bits per heavy atom. The minimum absolute atomic E-state index is 0.0893. The van der Waals surface area contributed by atoms with Gasteiger partial charge in [-0.05, 0) is 51.3 Å². The Bertz CT molecular complexity index is 1170. The molecule has 0 unspecified atom stereocenters. The van der Waals surface area contributed by atoms with E-state index in [-0.39, 0.29) is 6.04 Å². The van der Waals surface area contributed by atoms with Crippen molar-refractivity contribution in [3.05, 3.63) is 30.5 Å². The van der Waals surface area contributed by atoms with Gasteiger partial charge in [0.25, 0.3) is 0 Å². The highest BCUT2D eigenvalue weighted by atomic mass is 16.5. The van der Waals surface area contributed by atoms with Crippen molar-refractivity contribution in [2.75, 3.05) is 18.8 Å². The van der Waals surface area contributed by atoms with Gasteiger partial charge in [0.1, 0.15) is 29.8 Å². The lowest BCUT2D eigenvalue weighted by Gasteiger charge is -2.22. The molecule has 0 amide bonds. The van der Waals surface area contributed by atoms with E-state index in [1.807, 2.05) is 30.9 Å². The van der Waals surface area contributed by atoms with Crippen LogP contribution in [0.25, 0.3) is 33.8 Å². The second-order valence-corrected chi connectivity index (χ2v) is 7.79. The van der Waals surface area contributed by atoms with Crippen LogP contribution in [0.2, 0.25) is 0 Å². The summed E-state index contributed by atoms with van der Waals surface area (Å²) in [6.45, 7) is 6.11. The summed E-state index contributed by atoms with van der Waals surface area (Å²) in [4.78, 5) is 17.7. The van der Waals surface area contributed by atoms with Gasteiger partial charge < -0.3 is 15.6 Å². The number of nitrogens with zero attached hydrogens (tertiary/aromatic N) is 7. The first-order valence-corrected chi connectivity index (χ1v) is 10.1. The van der Waals surface area contributed by atoms with Crippen LogP contribution in [-0.2, 0) is 0 Å². The number of hydrogen-bond donors (Lipinski definition) is 2. The molecule has 4 aromatic rings. The smallest absolute Gasteiger partial charge is 0.164 e. The summed E-state index contributed by atoms with van der Waals surface area (Å²) in [7, 11) is 0. The van der Waals surface area contributed by atoms with Crippen LogP contribution in [0.3, 0.4) is 0 Å². The molecule has 3 N–H and O–H groups in total. The Balaban J connectivity index is 1.57. The van der Waals surface area contributed by atoms with Crippen molar-refractivity contribution in [3.63, 3.8) is 0 Å². The Kier molecular flexibility index (Phi) is 4.62. The highest BCUT2D eigenvalue weighted by molar-refractivity contribution is 5.99. The first-order valence-electron chi connectivity index (χ1n) is 10.1. The largest absolute Gasteiger partial charge is 0.383 e. The van der Waals surface area contributed by atoms with E-state index in [1.165, 1.54) is 12.6 Å². The molecule has 0 aromatic carbocycles. The average molecular weight is 405 g/mol. The van der Waals surface area contributed by atoms with Gasteiger partial charge in [-0.25, -0.2) is 24.6 Å². The summed E-state index contributed by atoms with van der Waals surface area (Å²) in [5, 5.41) is 12.9. The number of fused-ring (bicyclic) bond motifs is 1. The number of nitrogens with one attached hydrogen (secondary N) is 1. The molecule has 1 fully saturated rings. The molecule has 30 heavy (non-hydrogen) atoms. The third kappa shape index (κ3) is 3.09. The number of aromatic nitrogens is 7. The minimum atomic E-state index is 0.0893. The number of anilines is 1. The Morgan fingerprint density at radius 3 is 2.60 bits per heavy atom. The summed E-state index contributed by atoms with van der Waals surface area (Å²) in [6.07, 6.45) is 8.97. The van der Waals surface area contributed by atoms with Gasteiger partial charge in [-0.1, -0.05) is 5.16 Å². The van der Waals surface area contributed by atoms with Crippen molar-refractivity contribution < 1.29 is 4.52 Å². The molecular weight excluding hydrogens is 382 g/mol. The molecule has 10 nitrogen and oxygen atoms in total. The van der Waals surface area contributed by atoms with Gasteiger partial charge >= 0.3 is 0 Å². The molecule has 0 aliphatic carbocycles. The van der Waals surface area contributed by atoms with E-state index < -0.39 is 0 Å². The van der Waals surface area contributed by atoms with Crippen molar-refractivity contribution in [2.24, 2.45) is 0 Å². The van der Waals surface area contributed by atoms with E-state index >= 15 is 0 Å². The topological polar surface area (TPSA) is 133 Å². The van der Waals surface area contributed by atoms with E-state index in [0.717, 1.165) is 31.5 Å². The van der Waals surface area contributed by atoms with Crippen LogP contribution in [0.4, 0.5) is 5.82 Å². The monoisotopic (exact) mass is 405 g/mol. The van der Waals surface area contributed by atoms with Gasteiger partial charge in [-0.15, -0.1) is 0 Å². The van der Waals surface area contributed by atoms with Crippen molar-refractivity contribution in [3.8, 4) is 22.8 Å². The van der Waals surface area contributed by atoms with Gasteiger partial charge in [0.2, 0.25) is 0 Å². The second kappa shape index (κ2) is 7.45. The maximum absolute atomic E-state index is 6.17. The van der Waals surface area contributed by atoms with Gasteiger partial charge in [-0.2, -0.15) is 5.10 Å². The number of rotatable bonds is 4. The number of nitrogen functional groups attached to an aromatic ring is 1. The fourth-order valence-corrected chi connectivity index (χ4v) is 3.93. The predicted molar refractivity (Wildman–Crippen MR) is 111 cm³/mol. The number of nitrogens with two attached hydrogens (primary N) is 1. The zero-order chi connectivity index (χ0) is 20.7. The standard InChI is InChI=1S/C20H23N9O/c1-11(2)29-20-15(18(21)25-10-26-20)17(27-29)16-14(9-30-28-16)19-23-7-13(8-24-19)12-3-5-22-6-4-12/h7-12,22H,3-6H2,1-2H3,(H2,21,25,26). The molecule has 0 spiro atoms. The molecule has 1 saturated heterocycles. The Morgan fingerprint density at radius 1 is 1.10 bits per heavy atom. The molecule has 0 saturated carbocycles. The van der Waals surface area contributed by atoms with Crippen molar-refractivity contribution >= 4 is 16.9 Å². The van der Waals surface area contributed by atoms with Crippen LogP contribution >= 0.6 is 0 Å². The maximum atomic E-state index is 6.17. The third-order valence-corrected chi connectivity index (χ3v) is 5.52. The third-order valence-electron chi connectivity index (χ3n) is 5.52. The molecule has 1 aliphatic rings.